The fourth-order valence-electron chi connectivity index (χ4n) is 3.77. The first-order chi connectivity index (χ1) is 23.1. The second-order valence-corrected chi connectivity index (χ2v) is 10.6. The lowest BCUT2D eigenvalue weighted by atomic mass is 10.0. The van der Waals surface area contributed by atoms with Crippen LogP contribution in [0.2, 0.25) is 0 Å². The highest BCUT2D eigenvalue weighted by molar-refractivity contribution is 5.89. The summed E-state index contributed by atoms with van der Waals surface area (Å²) in [6, 6.07) is 14.5. The molecule has 2 aromatic carbocycles. The minimum Gasteiger partial charge on any atom is -0.497 e. The van der Waals surface area contributed by atoms with Crippen molar-refractivity contribution in [1.29, 1.82) is 0 Å². The van der Waals surface area contributed by atoms with E-state index in [9.17, 15) is 41.0 Å². The first-order valence-corrected chi connectivity index (χ1v) is 14.4. The van der Waals surface area contributed by atoms with Crippen LogP contribution in [0.1, 0.15) is 18.1 Å². The number of nitrogens with one attached hydrogen (secondary N) is 2. The number of methoxy groups -OCH3 is 1. The molecule has 0 bridgehead atoms. The average molecular weight is 722 g/mol. The summed E-state index contributed by atoms with van der Waals surface area (Å²) >= 11 is 0. The van der Waals surface area contributed by atoms with E-state index < -0.39 is 42.3 Å². The Bertz CT molecular complexity index is 1490. The largest absolute Gasteiger partial charge is 0.497 e. The van der Waals surface area contributed by atoms with Crippen LogP contribution in [0.4, 0.5) is 26.3 Å². The summed E-state index contributed by atoms with van der Waals surface area (Å²) in [5.74, 6) is -5.60. The van der Waals surface area contributed by atoms with E-state index in [0.29, 0.717) is 31.8 Å². The van der Waals surface area contributed by atoms with E-state index in [4.69, 9.17) is 24.5 Å². The minimum atomic E-state index is -5.08. The van der Waals surface area contributed by atoms with Crippen LogP contribution in [0.25, 0.3) is 11.1 Å². The summed E-state index contributed by atoms with van der Waals surface area (Å²) in [4.78, 5) is 47.8. The number of H-pyrrole nitrogens is 1. The molecule has 19 heteroatoms. The Kier molecular flexibility index (Phi) is 16.9. The van der Waals surface area contributed by atoms with Gasteiger partial charge in [-0.05, 0) is 49.8 Å². The quantitative estimate of drug-likeness (QED) is 0.174. The second kappa shape index (κ2) is 19.7. The van der Waals surface area contributed by atoms with Crippen molar-refractivity contribution in [3.8, 4) is 16.9 Å². The minimum absolute atomic E-state index is 0.215. The van der Waals surface area contributed by atoms with Gasteiger partial charge in [-0.25, -0.2) is 9.59 Å². The molecule has 0 aliphatic heterocycles. The molecule has 2 amide bonds. The molecule has 276 valence electrons. The molecule has 1 aromatic heterocycles. The van der Waals surface area contributed by atoms with Crippen molar-refractivity contribution in [1.82, 2.24) is 25.3 Å². The molecule has 0 saturated heterocycles. The number of halogens is 6. The van der Waals surface area contributed by atoms with Gasteiger partial charge in [0, 0.05) is 37.8 Å². The number of benzene rings is 2. The van der Waals surface area contributed by atoms with Crippen LogP contribution in [0.5, 0.6) is 5.75 Å². The number of carbonyl (C=O) groups is 4. The van der Waals surface area contributed by atoms with E-state index in [-0.39, 0.29) is 5.91 Å². The molecule has 5 N–H and O–H groups in total. The molecule has 2 atom stereocenters. The van der Waals surface area contributed by atoms with E-state index in [2.05, 4.69) is 15.5 Å². The predicted octanol–water partition coefficient (Wildman–Crippen LogP) is 3.35. The van der Waals surface area contributed by atoms with E-state index in [1.807, 2.05) is 73.7 Å². The van der Waals surface area contributed by atoms with Gasteiger partial charge in [0.05, 0.1) is 13.3 Å². The number of aromatic nitrogens is 2. The lowest BCUT2D eigenvalue weighted by molar-refractivity contribution is -0.193. The highest BCUT2D eigenvalue weighted by Crippen LogP contribution is 2.20. The zero-order valence-electron chi connectivity index (χ0n) is 27.2. The molecule has 50 heavy (non-hydrogen) atoms. The maximum atomic E-state index is 13.8. The standard InChI is InChI=1S/C27H35N5O4.2C2HF3O2/c1-19(33)26(34)30-25(15-20-8-10-22(11-9-20)23-16-28-29-17-23)27(35)32(13-12-31(2)3)18-21-6-5-7-24(14-21)36-4;2*3-2(4,5)1(6)7/h5-11,14,16-17,19,25,33H,12-13,15,18H2,1-4H3,(H,28,29)(H,30,34);2*(H,6,7)/t19?,25-;;/m1../s1. The Morgan fingerprint density at radius 3 is 1.90 bits per heavy atom. The van der Waals surface area contributed by atoms with Gasteiger partial charge in [-0.2, -0.15) is 31.4 Å². The van der Waals surface area contributed by atoms with Gasteiger partial charge in [0.1, 0.15) is 17.9 Å². The van der Waals surface area contributed by atoms with Gasteiger partial charge in [0.15, 0.2) is 0 Å². The van der Waals surface area contributed by atoms with E-state index >= 15 is 0 Å². The lowest BCUT2D eigenvalue weighted by Gasteiger charge is -2.29. The van der Waals surface area contributed by atoms with Gasteiger partial charge >= 0.3 is 24.3 Å². The van der Waals surface area contributed by atoms with Crippen molar-refractivity contribution in [3.05, 3.63) is 72.1 Å². The Morgan fingerprint density at radius 1 is 0.900 bits per heavy atom. The number of rotatable bonds is 12. The van der Waals surface area contributed by atoms with Gasteiger partial charge < -0.3 is 35.2 Å². The number of ether oxygens (including phenoxy) is 1. The molecule has 0 spiro atoms. The summed E-state index contributed by atoms with van der Waals surface area (Å²) in [6.07, 6.45) is -7.55. The fraction of sp³-hybridized carbons (Fsp3) is 0.387. The van der Waals surface area contributed by atoms with Gasteiger partial charge in [0.2, 0.25) is 11.8 Å². The number of carboxylic acid groups (broad SMARTS) is 2. The number of hydrogen-bond acceptors (Lipinski definition) is 8. The molecule has 0 aliphatic carbocycles. The van der Waals surface area contributed by atoms with Crippen molar-refractivity contribution in [3.63, 3.8) is 0 Å². The lowest BCUT2D eigenvalue weighted by Crippen LogP contribution is -2.52. The average Bonchev–Trinajstić information content (AvgIpc) is 3.57. The Hall–Kier alpha value is -5.17. The number of aliphatic hydroxyl groups is 1. The highest BCUT2D eigenvalue weighted by atomic mass is 19.4. The molecule has 0 fully saturated rings. The van der Waals surface area contributed by atoms with Crippen LogP contribution >= 0.6 is 0 Å². The van der Waals surface area contributed by atoms with Crippen molar-refractivity contribution in [2.45, 2.75) is 44.4 Å². The van der Waals surface area contributed by atoms with Gasteiger partial charge in [-0.15, -0.1) is 0 Å². The van der Waals surface area contributed by atoms with Crippen molar-refractivity contribution in [2.75, 3.05) is 34.3 Å². The Morgan fingerprint density at radius 2 is 1.46 bits per heavy atom. The summed E-state index contributed by atoms with van der Waals surface area (Å²) < 4.78 is 68.8. The maximum Gasteiger partial charge on any atom is 0.490 e. The predicted molar refractivity (Wildman–Crippen MR) is 166 cm³/mol. The van der Waals surface area contributed by atoms with Gasteiger partial charge in [0.25, 0.3) is 0 Å². The molecule has 3 rings (SSSR count). The van der Waals surface area contributed by atoms with E-state index in [1.54, 1.807) is 18.2 Å². The monoisotopic (exact) mass is 721 g/mol. The van der Waals surface area contributed by atoms with Crippen LogP contribution in [0.3, 0.4) is 0 Å². The zero-order chi connectivity index (χ0) is 38.2. The zero-order valence-corrected chi connectivity index (χ0v) is 27.2. The van der Waals surface area contributed by atoms with Crippen molar-refractivity contribution >= 4 is 23.8 Å². The first kappa shape index (κ1) is 42.9. The number of aliphatic carboxylic acids is 2. The molecular weight excluding hydrogens is 684 g/mol. The third kappa shape index (κ3) is 15.8. The van der Waals surface area contributed by atoms with Crippen molar-refractivity contribution < 1.29 is 65.6 Å². The molecule has 0 saturated carbocycles. The molecule has 13 nitrogen and oxygen atoms in total. The number of aliphatic hydroxyl groups excluding tert-OH is 1. The number of amides is 2. The number of hydrogen-bond donors (Lipinski definition) is 5. The Labute approximate surface area is 282 Å². The summed E-state index contributed by atoms with van der Waals surface area (Å²) in [7, 11) is 5.50. The smallest absolute Gasteiger partial charge is 0.490 e. The summed E-state index contributed by atoms with van der Waals surface area (Å²) in [6.45, 7) is 2.89. The normalized spacial score (nSPS) is 12.3. The van der Waals surface area contributed by atoms with Crippen LogP contribution in [0, 0.1) is 0 Å². The number of carboxylic acids is 2. The summed E-state index contributed by atoms with van der Waals surface area (Å²) in [5.41, 5.74) is 3.77. The molecule has 0 radical (unpaired) electrons. The van der Waals surface area contributed by atoms with E-state index in [0.717, 1.165) is 22.3 Å². The van der Waals surface area contributed by atoms with Gasteiger partial charge in [-0.1, -0.05) is 36.4 Å². The number of carbonyl (C=O) groups excluding carboxylic acids is 2. The van der Waals surface area contributed by atoms with Crippen LogP contribution in [-0.4, -0.2) is 118 Å². The summed E-state index contributed by atoms with van der Waals surface area (Å²) in [5, 5.41) is 33.6. The first-order valence-electron chi connectivity index (χ1n) is 14.4. The topological polar surface area (TPSA) is 185 Å². The van der Waals surface area contributed by atoms with Crippen molar-refractivity contribution in [2.24, 2.45) is 0 Å². The third-order valence-electron chi connectivity index (χ3n) is 6.34. The molecule has 1 heterocycles. The molecule has 0 aliphatic rings. The van der Waals surface area contributed by atoms with Crippen LogP contribution in [-0.2, 0) is 32.1 Å². The van der Waals surface area contributed by atoms with Crippen LogP contribution in [0.15, 0.2) is 60.9 Å². The number of aromatic amines is 1. The Balaban J connectivity index is 0.000000748. The maximum absolute atomic E-state index is 13.8. The number of nitrogens with zero attached hydrogens (tertiary/aromatic N) is 3. The number of likely N-dealkylation sites (N-methyl/N-ethyl adjacent to an activating group) is 1. The second-order valence-electron chi connectivity index (χ2n) is 10.6. The number of alkyl halides is 6. The van der Waals surface area contributed by atoms with E-state index in [1.165, 1.54) is 6.92 Å². The fourth-order valence-corrected chi connectivity index (χ4v) is 3.77. The molecule has 1 unspecified atom stereocenters. The molecule has 3 aromatic rings. The third-order valence-corrected chi connectivity index (χ3v) is 6.34. The van der Waals surface area contributed by atoms with Crippen LogP contribution < -0.4 is 10.1 Å². The van der Waals surface area contributed by atoms with Gasteiger partial charge in [-0.3, -0.25) is 14.7 Å². The SMILES string of the molecule is COc1cccc(CN(CCN(C)C)C(=O)[C@@H](Cc2ccc(-c3cn[nH]c3)cc2)NC(=O)C(C)O)c1.O=C(O)C(F)(F)F.O=C(O)C(F)(F)F. The highest BCUT2D eigenvalue weighted by Gasteiger charge is 2.39. The molecular formula is C31H37F6N5O8.